The van der Waals surface area contributed by atoms with Gasteiger partial charge in [0.1, 0.15) is 5.75 Å². The van der Waals surface area contributed by atoms with E-state index in [-0.39, 0.29) is 5.54 Å². The van der Waals surface area contributed by atoms with Crippen molar-refractivity contribution in [3.8, 4) is 5.75 Å². The lowest BCUT2D eigenvalue weighted by Gasteiger charge is -2.22. The van der Waals surface area contributed by atoms with Crippen LogP contribution in [0.5, 0.6) is 5.75 Å². The molecule has 0 fully saturated rings. The van der Waals surface area contributed by atoms with E-state index in [0.717, 1.165) is 11.3 Å². The van der Waals surface area contributed by atoms with Crippen molar-refractivity contribution in [3.05, 3.63) is 29.8 Å². The molecule has 1 aromatic carbocycles. The van der Waals surface area contributed by atoms with Gasteiger partial charge in [0.05, 0.1) is 12.6 Å². The molecule has 0 bridgehead atoms. The van der Waals surface area contributed by atoms with Crippen LogP contribution >= 0.6 is 0 Å². The number of benzene rings is 1. The fraction of sp³-hybridized carbons (Fsp3) is 0.500. The predicted molar refractivity (Wildman–Crippen MR) is 75.8 cm³/mol. The zero-order chi connectivity index (χ0) is 13.8. The van der Waals surface area contributed by atoms with Crippen molar-refractivity contribution in [1.82, 2.24) is 4.90 Å². The molecule has 0 saturated carbocycles. The third kappa shape index (κ3) is 4.65. The molecule has 4 nitrogen and oxygen atoms in total. The molecule has 0 amide bonds. The predicted octanol–water partition coefficient (Wildman–Crippen LogP) is 2.24. The van der Waals surface area contributed by atoms with Crippen LogP contribution in [-0.4, -0.2) is 30.6 Å². The Hall–Kier alpha value is -1.71. The van der Waals surface area contributed by atoms with Crippen molar-refractivity contribution in [3.63, 3.8) is 0 Å². The maximum Gasteiger partial charge on any atom is 0.191 e. The standard InChI is InChI=1S/C14H23N3O/c1-14(2,3)16-13(15)17(4)10-11-7-6-8-12(9-11)18-5/h6-9H,10H2,1-5H3,(H2,15,16). The van der Waals surface area contributed by atoms with Crippen LogP contribution in [0.2, 0.25) is 0 Å². The molecule has 0 atom stereocenters. The summed E-state index contributed by atoms with van der Waals surface area (Å²) in [4.78, 5) is 6.37. The monoisotopic (exact) mass is 249 g/mol. The SMILES string of the molecule is COc1cccc(CN(C)C(N)=NC(C)(C)C)c1. The number of nitrogens with two attached hydrogens (primary N) is 1. The van der Waals surface area contributed by atoms with E-state index >= 15 is 0 Å². The zero-order valence-electron chi connectivity index (χ0n) is 11.9. The Bertz CT molecular complexity index is 421. The van der Waals surface area contributed by atoms with Gasteiger partial charge in [-0.05, 0) is 38.5 Å². The molecule has 0 spiro atoms. The molecule has 2 N–H and O–H groups in total. The van der Waals surface area contributed by atoms with Gasteiger partial charge in [0.25, 0.3) is 0 Å². The number of methoxy groups -OCH3 is 1. The second-order valence-electron chi connectivity index (χ2n) is 5.35. The van der Waals surface area contributed by atoms with E-state index in [1.807, 2.05) is 57.0 Å². The van der Waals surface area contributed by atoms with Crippen molar-refractivity contribution < 1.29 is 4.74 Å². The van der Waals surface area contributed by atoms with E-state index in [1.165, 1.54) is 0 Å². The fourth-order valence-corrected chi connectivity index (χ4v) is 1.55. The van der Waals surface area contributed by atoms with Crippen LogP contribution in [0, 0.1) is 0 Å². The van der Waals surface area contributed by atoms with Gasteiger partial charge in [-0.25, -0.2) is 4.99 Å². The second kappa shape index (κ2) is 5.76. The highest BCUT2D eigenvalue weighted by Crippen LogP contribution is 2.14. The van der Waals surface area contributed by atoms with E-state index in [9.17, 15) is 0 Å². The smallest absolute Gasteiger partial charge is 0.191 e. The van der Waals surface area contributed by atoms with Gasteiger partial charge in [0.15, 0.2) is 5.96 Å². The normalized spacial score (nSPS) is 12.4. The Morgan fingerprint density at radius 1 is 1.39 bits per heavy atom. The summed E-state index contributed by atoms with van der Waals surface area (Å²) in [5.74, 6) is 1.40. The third-order valence-corrected chi connectivity index (χ3v) is 2.39. The Morgan fingerprint density at radius 3 is 2.61 bits per heavy atom. The van der Waals surface area contributed by atoms with E-state index in [2.05, 4.69) is 4.99 Å². The quantitative estimate of drug-likeness (QED) is 0.660. The summed E-state index contributed by atoms with van der Waals surface area (Å²) in [7, 11) is 3.60. The number of nitrogens with zero attached hydrogens (tertiary/aromatic N) is 2. The number of rotatable bonds is 3. The highest BCUT2D eigenvalue weighted by Gasteiger charge is 2.11. The van der Waals surface area contributed by atoms with Crippen LogP contribution in [0.1, 0.15) is 26.3 Å². The van der Waals surface area contributed by atoms with Gasteiger partial charge in [0, 0.05) is 13.6 Å². The maximum absolute atomic E-state index is 5.97. The summed E-state index contributed by atoms with van der Waals surface area (Å²) in [6, 6.07) is 7.94. The molecule has 4 heteroatoms. The number of ether oxygens (including phenoxy) is 1. The van der Waals surface area contributed by atoms with E-state index in [1.54, 1.807) is 7.11 Å². The summed E-state index contributed by atoms with van der Waals surface area (Å²) in [6.07, 6.45) is 0. The summed E-state index contributed by atoms with van der Waals surface area (Å²) in [6.45, 7) is 6.79. The van der Waals surface area contributed by atoms with Gasteiger partial charge < -0.3 is 15.4 Å². The van der Waals surface area contributed by atoms with Crippen LogP contribution in [-0.2, 0) is 6.54 Å². The molecule has 0 heterocycles. The Labute approximate surface area is 109 Å². The number of aliphatic imine (C=N–C) groups is 1. The third-order valence-electron chi connectivity index (χ3n) is 2.39. The lowest BCUT2D eigenvalue weighted by Crippen LogP contribution is -2.35. The number of hydrogen-bond acceptors (Lipinski definition) is 2. The molecule has 0 aliphatic heterocycles. The first kappa shape index (κ1) is 14.4. The van der Waals surface area contributed by atoms with Crippen molar-refractivity contribution >= 4 is 5.96 Å². The summed E-state index contributed by atoms with van der Waals surface area (Å²) in [5, 5.41) is 0. The number of guanidine groups is 1. The maximum atomic E-state index is 5.97. The second-order valence-corrected chi connectivity index (χ2v) is 5.35. The summed E-state index contributed by atoms with van der Waals surface area (Å²) < 4.78 is 5.20. The zero-order valence-corrected chi connectivity index (χ0v) is 11.9. The molecule has 0 radical (unpaired) electrons. The lowest BCUT2D eigenvalue weighted by molar-refractivity contribution is 0.412. The average molecular weight is 249 g/mol. The molecule has 0 aliphatic rings. The van der Waals surface area contributed by atoms with Crippen LogP contribution in [0.25, 0.3) is 0 Å². The highest BCUT2D eigenvalue weighted by molar-refractivity contribution is 5.78. The molecule has 0 unspecified atom stereocenters. The van der Waals surface area contributed by atoms with Crippen LogP contribution in [0.4, 0.5) is 0 Å². The van der Waals surface area contributed by atoms with Crippen LogP contribution < -0.4 is 10.5 Å². The molecule has 1 aromatic rings. The van der Waals surface area contributed by atoms with Gasteiger partial charge >= 0.3 is 0 Å². The topological polar surface area (TPSA) is 50.9 Å². The van der Waals surface area contributed by atoms with E-state index in [4.69, 9.17) is 10.5 Å². The summed E-state index contributed by atoms with van der Waals surface area (Å²) >= 11 is 0. The van der Waals surface area contributed by atoms with Gasteiger partial charge in [-0.15, -0.1) is 0 Å². The molecular weight excluding hydrogens is 226 g/mol. The van der Waals surface area contributed by atoms with E-state index in [0.29, 0.717) is 12.5 Å². The first-order chi connectivity index (χ1) is 8.31. The van der Waals surface area contributed by atoms with Crippen molar-refractivity contribution in [2.45, 2.75) is 32.9 Å². The minimum absolute atomic E-state index is 0.160. The highest BCUT2D eigenvalue weighted by atomic mass is 16.5. The Morgan fingerprint density at radius 2 is 2.06 bits per heavy atom. The van der Waals surface area contributed by atoms with E-state index < -0.39 is 0 Å². The molecule has 0 aliphatic carbocycles. The molecular formula is C14H23N3O. The van der Waals surface area contributed by atoms with Crippen molar-refractivity contribution in [1.29, 1.82) is 0 Å². The van der Waals surface area contributed by atoms with Gasteiger partial charge in [-0.3, -0.25) is 0 Å². The molecule has 0 saturated heterocycles. The number of hydrogen-bond donors (Lipinski definition) is 1. The van der Waals surface area contributed by atoms with Gasteiger partial charge in [-0.2, -0.15) is 0 Å². The van der Waals surface area contributed by atoms with Crippen LogP contribution in [0.3, 0.4) is 0 Å². The summed E-state index contributed by atoms with van der Waals surface area (Å²) in [5.41, 5.74) is 6.95. The largest absolute Gasteiger partial charge is 0.497 e. The molecule has 18 heavy (non-hydrogen) atoms. The first-order valence-corrected chi connectivity index (χ1v) is 6.01. The molecule has 0 aromatic heterocycles. The van der Waals surface area contributed by atoms with Crippen LogP contribution in [0.15, 0.2) is 29.3 Å². The van der Waals surface area contributed by atoms with Crippen molar-refractivity contribution in [2.24, 2.45) is 10.7 Å². The molecule has 1 rings (SSSR count). The fourth-order valence-electron chi connectivity index (χ4n) is 1.55. The van der Waals surface area contributed by atoms with Gasteiger partial charge in [-0.1, -0.05) is 12.1 Å². The van der Waals surface area contributed by atoms with Gasteiger partial charge in [0.2, 0.25) is 0 Å². The Balaban J connectivity index is 2.75. The first-order valence-electron chi connectivity index (χ1n) is 6.01. The molecule has 100 valence electrons. The lowest BCUT2D eigenvalue weighted by atomic mass is 10.1. The van der Waals surface area contributed by atoms with Crippen molar-refractivity contribution in [2.75, 3.05) is 14.2 Å². The minimum Gasteiger partial charge on any atom is -0.497 e. The minimum atomic E-state index is -0.160. The average Bonchev–Trinajstić information content (AvgIpc) is 2.27. The Kier molecular flexibility index (Phi) is 4.59.